The molecular formula is C13H15NO. The van der Waals surface area contributed by atoms with E-state index in [4.69, 9.17) is 5.11 Å². The van der Waals surface area contributed by atoms with Crippen molar-refractivity contribution in [2.24, 2.45) is 5.92 Å². The summed E-state index contributed by atoms with van der Waals surface area (Å²) in [6.07, 6.45) is 0.835. The number of hydrogen-bond donors (Lipinski definition) is 1. The quantitative estimate of drug-likeness (QED) is 0.827. The van der Waals surface area contributed by atoms with Crippen LogP contribution in [0.3, 0.4) is 0 Å². The maximum atomic E-state index is 8.98. The molecule has 0 saturated carbocycles. The molecule has 0 spiro atoms. The highest BCUT2D eigenvalue weighted by atomic mass is 16.3. The predicted molar refractivity (Wildman–Crippen MR) is 61.7 cm³/mol. The molecule has 78 valence electrons. The van der Waals surface area contributed by atoms with Gasteiger partial charge >= 0.3 is 0 Å². The minimum atomic E-state index is 0.217. The average Bonchev–Trinajstić information content (AvgIpc) is 2.29. The molecule has 2 rings (SSSR count). The number of aliphatic hydroxyl groups excluding tert-OH is 1. The first kappa shape index (κ1) is 10.1. The van der Waals surface area contributed by atoms with Crippen molar-refractivity contribution < 1.29 is 5.11 Å². The highest BCUT2D eigenvalue weighted by Gasteiger charge is 2.03. The van der Waals surface area contributed by atoms with Gasteiger partial charge in [0.25, 0.3) is 0 Å². The van der Waals surface area contributed by atoms with E-state index in [1.807, 2.05) is 31.2 Å². The van der Waals surface area contributed by atoms with Crippen molar-refractivity contribution in [2.45, 2.75) is 13.3 Å². The Morgan fingerprint density at radius 2 is 2.00 bits per heavy atom. The summed E-state index contributed by atoms with van der Waals surface area (Å²) >= 11 is 0. The Hall–Kier alpha value is -1.41. The second kappa shape index (κ2) is 4.41. The number of rotatable bonds is 3. The molecule has 0 fully saturated rings. The van der Waals surface area contributed by atoms with E-state index in [-0.39, 0.29) is 12.5 Å². The molecule has 2 heteroatoms. The smallest absolute Gasteiger partial charge is 0.0705 e. The van der Waals surface area contributed by atoms with Gasteiger partial charge in [-0.3, -0.25) is 4.98 Å². The number of fused-ring (bicyclic) bond motifs is 1. The van der Waals surface area contributed by atoms with Crippen LogP contribution in [-0.4, -0.2) is 16.7 Å². The molecule has 1 N–H and O–H groups in total. The maximum Gasteiger partial charge on any atom is 0.0705 e. The number of hydrogen-bond acceptors (Lipinski definition) is 2. The van der Waals surface area contributed by atoms with Crippen molar-refractivity contribution in [1.29, 1.82) is 0 Å². The lowest BCUT2D eigenvalue weighted by molar-refractivity contribution is 0.236. The summed E-state index contributed by atoms with van der Waals surface area (Å²) in [4.78, 5) is 4.55. The standard InChI is InChI=1S/C13H15NO/c1-10(9-15)8-12-7-6-11-4-2-3-5-13(11)14-12/h2-7,10,15H,8-9H2,1H3/t10-/m0/s1. The summed E-state index contributed by atoms with van der Waals surface area (Å²) in [6.45, 7) is 2.24. The normalized spacial score (nSPS) is 12.9. The predicted octanol–water partition coefficient (Wildman–Crippen LogP) is 2.41. The third-order valence-corrected chi connectivity index (χ3v) is 2.53. The fourth-order valence-corrected chi connectivity index (χ4v) is 1.64. The molecule has 0 unspecified atom stereocenters. The molecule has 2 nitrogen and oxygen atoms in total. The first-order valence-corrected chi connectivity index (χ1v) is 5.25. The van der Waals surface area contributed by atoms with E-state index in [1.165, 1.54) is 0 Å². The Morgan fingerprint density at radius 3 is 2.80 bits per heavy atom. The Kier molecular flexibility index (Phi) is 2.97. The zero-order valence-corrected chi connectivity index (χ0v) is 8.85. The van der Waals surface area contributed by atoms with Crippen LogP contribution in [0.2, 0.25) is 0 Å². The van der Waals surface area contributed by atoms with E-state index in [9.17, 15) is 0 Å². The van der Waals surface area contributed by atoms with Crippen molar-refractivity contribution in [3.8, 4) is 0 Å². The Morgan fingerprint density at radius 1 is 1.20 bits per heavy atom. The monoisotopic (exact) mass is 201 g/mol. The molecule has 0 aliphatic heterocycles. The van der Waals surface area contributed by atoms with Gasteiger partial charge in [-0.05, 0) is 24.5 Å². The van der Waals surface area contributed by atoms with Crippen LogP contribution in [0.4, 0.5) is 0 Å². The summed E-state index contributed by atoms with van der Waals surface area (Å²) in [5.74, 6) is 0.277. The van der Waals surface area contributed by atoms with Gasteiger partial charge in [0.05, 0.1) is 5.52 Å². The SMILES string of the molecule is C[C@H](CO)Cc1ccc2ccccc2n1. The van der Waals surface area contributed by atoms with Crippen molar-refractivity contribution in [3.05, 3.63) is 42.1 Å². The van der Waals surface area contributed by atoms with Gasteiger partial charge in [-0.1, -0.05) is 31.2 Å². The van der Waals surface area contributed by atoms with E-state index in [0.717, 1.165) is 23.0 Å². The number of aliphatic hydroxyl groups is 1. The molecule has 15 heavy (non-hydrogen) atoms. The summed E-state index contributed by atoms with van der Waals surface area (Å²) in [6, 6.07) is 12.2. The van der Waals surface area contributed by atoms with Crippen LogP contribution in [0, 0.1) is 5.92 Å². The molecule has 0 saturated heterocycles. The lowest BCUT2D eigenvalue weighted by Gasteiger charge is -2.07. The molecule has 0 aliphatic carbocycles. The molecule has 1 aromatic heterocycles. The average molecular weight is 201 g/mol. The van der Waals surface area contributed by atoms with E-state index < -0.39 is 0 Å². The Bertz CT molecular complexity index is 453. The highest BCUT2D eigenvalue weighted by Crippen LogP contribution is 2.13. The molecule has 0 radical (unpaired) electrons. The Balaban J connectivity index is 2.30. The molecular weight excluding hydrogens is 186 g/mol. The van der Waals surface area contributed by atoms with Crippen LogP contribution in [0.25, 0.3) is 10.9 Å². The Labute approximate surface area is 89.6 Å². The second-order valence-electron chi connectivity index (χ2n) is 3.99. The largest absolute Gasteiger partial charge is 0.396 e. The van der Waals surface area contributed by atoms with Crippen LogP contribution < -0.4 is 0 Å². The first-order chi connectivity index (χ1) is 7.29. The summed E-state index contributed by atoms with van der Waals surface area (Å²) in [7, 11) is 0. The fourth-order valence-electron chi connectivity index (χ4n) is 1.64. The highest BCUT2D eigenvalue weighted by molar-refractivity contribution is 5.78. The third-order valence-electron chi connectivity index (χ3n) is 2.53. The van der Waals surface area contributed by atoms with Crippen LogP contribution >= 0.6 is 0 Å². The van der Waals surface area contributed by atoms with Crippen molar-refractivity contribution in [2.75, 3.05) is 6.61 Å². The van der Waals surface area contributed by atoms with Gasteiger partial charge in [-0.2, -0.15) is 0 Å². The van der Waals surface area contributed by atoms with Crippen molar-refractivity contribution >= 4 is 10.9 Å². The molecule has 1 atom stereocenters. The third kappa shape index (κ3) is 2.34. The zero-order valence-electron chi connectivity index (χ0n) is 8.85. The van der Waals surface area contributed by atoms with Crippen LogP contribution in [0.1, 0.15) is 12.6 Å². The number of pyridine rings is 1. The van der Waals surface area contributed by atoms with Gasteiger partial charge < -0.3 is 5.11 Å². The fraction of sp³-hybridized carbons (Fsp3) is 0.308. The van der Waals surface area contributed by atoms with Gasteiger partial charge in [0.15, 0.2) is 0 Å². The molecule has 1 aromatic carbocycles. The van der Waals surface area contributed by atoms with E-state index >= 15 is 0 Å². The minimum Gasteiger partial charge on any atom is -0.396 e. The van der Waals surface area contributed by atoms with Crippen LogP contribution in [0.5, 0.6) is 0 Å². The second-order valence-corrected chi connectivity index (χ2v) is 3.99. The topological polar surface area (TPSA) is 33.1 Å². The number of nitrogens with zero attached hydrogens (tertiary/aromatic N) is 1. The van der Waals surface area contributed by atoms with Gasteiger partial charge in [-0.15, -0.1) is 0 Å². The lowest BCUT2D eigenvalue weighted by Crippen LogP contribution is -2.05. The molecule has 0 bridgehead atoms. The van der Waals surface area contributed by atoms with Gasteiger partial charge in [0.2, 0.25) is 0 Å². The van der Waals surface area contributed by atoms with Crippen molar-refractivity contribution in [1.82, 2.24) is 4.98 Å². The van der Waals surface area contributed by atoms with Gasteiger partial charge in [-0.25, -0.2) is 0 Å². The van der Waals surface area contributed by atoms with E-state index in [2.05, 4.69) is 17.1 Å². The number of para-hydroxylation sites is 1. The summed E-state index contributed by atoms with van der Waals surface area (Å²) in [5, 5.41) is 10.1. The lowest BCUT2D eigenvalue weighted by atomic mass is 10.1. The molecule has 0 aliphatic rings. The number of benzene rings is 1. The van der Waals surface area contributed by atoms with Crippen LogP contribution in [0.15, 0.2) is 36.4 Å². The van der Waals surface area contributed by atoms with Gasteiger partial charge in [0.1, 0.15) is 0 Å². The molecule has 2 aromatic rings. The molecule has 1 heterocycles. The number of aromatic nitrogens is 1. The van der Waals surface area contributed by atoms with E-state index in [0.29, 0.717) is 0 Å². The summed E-state index contributed by atoms with van der Waals surface area (Å²) in [5.41, 5.74) is 2.08. The zero-order chi connectivity index (χ0) is 10.7. The molecule has 0 amide bonds. The van der Waals surface area contributed by atoms with Gasteiger partial charge in [0, 0.05) is 17.7 Å². The minimum absolute atomic E-state index is 0.217. The van der Waals surface area contributed by atoms with E-state index in [1.54, 1.807) is 0 Å². The van der Waals surface area contributed by atoms with Crippen molar-refractivity contribution in [3.63, 3.8) is 0 Å². The first-order valence-electron chi connectivity index (χ1n) is 5.25. The maximum absolute atomic E-state index is 8.98. The summed E-state index contributed by atoms with van der Waals surface area (Å²) < 4.78 is 0. The van der Waals surface area contributed by atoms with Crippen LogP contribution in [-0.2, 0) is 6.42 Å².